The molecule has 2 aromatic rings. The van der Waals surface area contributed by atoms with Crippen LogP contribution in [-0.4, -0.2) is 28.9 Å². The normalized spacial score (nSPS) is 25.7. The van der Waals surface area contributed by atoms with E-state index in [4.69, 9.17) is 11.6 Å². The second-order valence-corrected chi connectivity index (χ2v) is 8.26. The average molecular weight is 376 g/mol. The van der Waals surface area contributed by atoms with Gasteiger partial charge in [-0.2, -0.15) is 11.8 Å². The van der Waals surface area contributed by atoms with E-state index in [9.17, 15) is 9.18 Å². The third-order valence-corrected chi connectivity index (χ3v) is 6.35. The van der Waals surface area contributed by atoms with Gasteiger partial charge in [-0.1, -0.05) is 35.9 Å². The van der Waals surface area contributed by atoms with Gasteiger partial charge in [0.2, 0.25) is 5.91 Å². The quantitative estimate of drug-likeness (QED) is 0.760. The summed E-state index contributed by atoms with van der Waals surface area (Å²) in [6.07, 6.45) is 0.863. The Kier molecular flexibility index (Phi) is 4.74. The molecule has 1 saturated carbocycles. The molecule has 1 saturated heterocycles. The van der Waals surface area contributed by atoms with Gasteiger partial charge in [0.25, 0.3) is 0 Å². The van der Waals surface area contributed by atoms with Crippen LogP contribution in [0, 0.1) is 11.7 Å². The first-order chi connectivity index (χ1) is 12.1. The Morgan fingerprint density at radius 3 is 2.48 bits per heavy atom. The molecule has 0 bridgehead atoms. The molecule has 1 heterocycles. The molecule has 2 aliphatic rings. The van der Waals surface area contributed by atoms with Crippen LogP contribution in [0.3, 0.4) is 0 Å². The smallest absolute Gasteiger partial charge is 0.226 e. The minimum Gasteiger partial charge on any atom is -0.334 e. The summed E-state index contributed by atoms with van der Waals surface area (Å²) in [5.41, 5.74) is 2.21. The predicted molar refractivity (Wildman–Crippen MR) is 100 cm³/mol. The number of carbonyl (C=O) groups is 1. The second kappa shape index (κ2) is 7.00. The molecule has 2 fully saturated rings. The van der Waals surface area contributed by atoms with Crippen molar-refractivity contribution in [3.8, 4) is 0 Å². The summed E-state index contributed by atoms with van der Waals surface area (Å²) in [6, 6.07) is 14.5. The Labute approximate surface area is 156 Å². The highest BCUT2D eigenvalue weighted by atomic mass is 35.5. The molecule has 0 radical (unpaired) electrons. The minimum atomic E-state index is -0.233. The molecule has 0 aromatic heterocycles. The molecule has 0 unspecified atom stereocenters. The van der Waals surface area contributed by atoms with E-state index in [0.29, 0.717) is 5.02 Å². The Bertz CT molecular complexity index is 764. The summed E-state index contributed by atoms with van der Waals surface area (Å²) in [6.45, 7) is 0.781. The van der Waals surface area contributed by atoms with Crippen LogP contribution >= 0.6 is 23.4 Å². The van der Waals surface area contributed by atoms with Crippen LogP contribution in [0.4, 0.5) is 4.39 Å². The lowest BCUT2D eigenvalue weighted by molar-refractivity contribution is -0.134. The molecule has 2 nitrogen and oxygen atoms in total. The van der Waals surface area contributed by atoms with Crippen molar-refractivity contribution in [1.82, 2.24) is 4.90 Å². The van der Waals surface area contributed by atoms with E-state index in [0.717, 1.165) is 35.6 Å². The zero-order valence-electron chi connectivity index (χ0n) is 13.7. The largest absolute Gasteiger partial charge is 0.334 e. The lowest BCUT2D eigenvalue weighted by Crippen LogP contribution is -2.41. The van der Waals surface area contributed by atoms with Gasteiger partial charge in [0.1, 0.15) is 5.82 Å². The Morgan fingerprint density at radius 1 is 1.08 bits per heavy atom. The molecule has 1 aliphatic carbocycles. The molecule has 0 spiro atoms. The van der Waals surface area contributed by atoms with Gasteiger partial charge in [0.05, 0.1) is 6.04 Å². The number of rotatable bonds is 3. The molecule has 4 rings (SSSR count). The molecule has 130 valence electrons. The fraction of sp³-hybridized carbons (Fsp3) is 0.350. The highest BCUT2D eigenvalue weighted by Gasteiger charge is 2.47. The zero-order valence-corrected chi connectivity index (χ0v) is 15.3. The summed E-state index contributed by atoms with van der Waals surface area (Å²) >= 11 is 7.88. The van der Waals surface area contributed by atoms with Crippen molar-refractivity contribution in [2.45, 2.75) is 18.4 Å². The van der Waals surface area contributed by atoms with Gasteiger partial charge in [-0.25, -0.2) is 4.39 Å². The average Bonchev–Trinajstić information content (AvgIpc) is 3.43. The molecule has 5 heteroatoms. The monoisotopic (exact) mass is 375 g/mol. The third-order valence-electron chi connectivity index (χ3n) is 5.07. The first-order valence-electron chi connectivity index (χ1n) is 8.52. The fourth-order valence-corrected chi connectivity index (χ4v) is 4.80. The van der Waals surface area contributed by atoms with Crippen LogP contribution in [-0.2, 0) is 4.79 Å². The maximum atomic E-state index is 13.1. The van der Waals surface area contributed by atoms with Crippen LogP contribution in [0.15, 0.2) is 48.5 Å². The maximum absolute atomic E-state index is 13.1. The number of benzene rings is 2. The number of hydrogen-bond donors (Lipinski definition) is 0. The zero-order chi connectivity index (χ0) is 17.4. The lowest BCUT2D eigenvalue weighted by Gasteiger charge is -2.36. The Balaban J connectivity index is 1.50. The van der Waals surface area contributed by atoms with Gasteiger partial charge in [0, 0.05) is 29.0 Å². The van der Waals surface area contributed by atoms with E-state index < -0.39 is 0 Å². The fourth-order valence-electron chi connectivity index (χ4n) is 3.59. The van der Waals surface area contributed by atoms with E-state index in [-0.39, 0.29) is 29.6 Å². The number of carbonyl (C=O) groups excluding carboxylic acids is 1. The van der Waals surface area contributed by atoms with E-state index in [1.807, 2.05) is 40.9 Å². The highest BCUT2D eigenvalue weighted by Crippen LogP contribution is 2.49. The molecule has 3 atom stereocenters. The molecule has 1 amide bonds. The van der Waals surface area contributed by atoms with E-state index in [2.05, 4.69) is 0 Å². The second-order valence-electron chi connectivity index (χ2n) is 6.67. The third kappa shape index (κ3) is 3.56. The van der Waals surface area contributed by atoms with Crippen molar-refractivity contribution in [2.75, 3.05) is 18.1 Å². The van der Waals surface area contributed by atoms with E-state index in [1.54, 1.807) is 12.1 Å². The van der Waals surface area contributed by atoms with Gasteiger partial charge in [0.15, 0.2) is 0 Å². The van der Waals surface area contributed by atoms with Gasteiger partial charge in [-0.15, -0.1) is 0 Å². The van der Waals surface area contributed by atoms with Crippen molar-refractivity contribution in [1.29, 1.82) is 0 Å². The predicted octanol–water partition coefficient (Wildman–Crippen LogP) is 4.90. The standard InChI is InChI=1S/C20H19ClFNOS/c21-15-5-1-14(2-6-15)19-12-25-10-9-23(19)20(24)18-11-17(18)13-3-7-16(22)8-4-13/h1-8,17-19H,9-12H2/t17-,18+,19-/m0/s1. The summed E-state index contributed by atoms with van der Waals surface area (Å²) < 4.78 is 13.1. The number of nitrogens with zero attached hydrogens (tertiary/aromatic N) is 1. The van der Waals surface area contributed by atoms with Crippen LogP contribution < -0.4 is 0 Å². The van der Waals surface area contributed by atoms with Crippen molar-refractivity contribution < 1.29 is 9.18 Å². The van der Waals surface area contributed by atoms with E-state index in [1.165, 1.54) is 12.1 Å². The minimum absolute atomic E-state index is 0.0309. The summed E-state index contributed by atoms with van der Waals surface area (Å²) in [7, 11) is 0. The maximum Gasteiger partial charge on any atom is 0.226 e. The van der Waals surface area contributed by atoms with Gasteiger partial charge >= 0.3 is 0 Å². The van der Waals surface area contributed by atoms with E-state index >= 15 is 0 Å². The van der Waals surface area contributed by atoms with Crippen molar-refractivity contribution in [3.63, 3.8) is 0 Å². The van der Waals surface area contributed by atoms with Crippen LogP contribution in [0.1, 0.15) is 29.5 Å². The molecule has 2 aromatic carbocycles. The molecular weight excluding hydrogens is 357 g/mol. The number of thioether (sulfide) groups is 1. The summed E-state index contributed by atoms with van der Waals surface area (Å²) in [5.74, 6) is 2.15. The molecule has 25 heavy (non-hydrogen) atoms. The van der Waals surface area contributed by atoms with Gasteiger partial charge < -0.3 is 4.90 Å². The van der Waals surface area contributed by atoms with Crippen molar-refractivity contribution >= 4 is 29.3 Å². The highest BCUT2D eigenvalue weighted by molar-refractivity contribution is 7.99. The molecular formula is C20H19ClFNOS. The van der Waals surface area contributed by atoms with Crippen LogP contribution in [0.2, 0.25) is 5.02 Å². The topological polar surface area (TPSA) is 20.3 Å². The number of hydrogen-bond acceptors (Lipinski definition) is 2. The number of halogens is 2. The lowest BCUT2D eigenvalue weighted by atomic mass is 10.0. The van der Waals surface area contributed by atoms with Crippen LogP contribution in [0.5, 0.6) is 0 Å². The van der Waals surface area contributed by atoms with Crippen molar-refractivity contribution in [3.05, 3.63) is 70.5 Å². The first-order valence-corrected chi connectivity index (χ1v) is 10.1. The van der Waals surface area contributed by atoms with Crippen LogP contribution in [0.25, 0.3) is 0 Å². The number of amides is 1. The Hall–Kier alpha value is -1.52. The summed E-state index contributed by atoms with van der Waals surface area (Å²) in [4.78, 5) is 15.1. The van der Waals surface area contributed by atoms with Gasteiger partial charge in [-0.05, 0) is 47.7 Å². The molecule has 1 aliphatic heterocycles. The van der Waals surface area contributed by atoms with Gasteiger partial charge in [-0.3, -0.25) is 4.79 Å². The summed E-state index contributed by atoms with van der Waals surface area (Å²) in [5, 5.41) is 0.712. The first kappa shape index (κ1) is 16.9. The van der Waals surface area contributed by atoms with Crippen molar-refractivity contribution in [2.24, 2.45) is 5.92 Å². The Morgan fingerprint density at radius 2 is 1.76 bits per heavy atom. The SMILES string of the molecule is O=C([C@@H]1C[C@H]1c1ccc(F)cc1)N1CCSC[C@H]1c1ccc(Cl)cc1. The molecule has 0 N–H and O–H groups in total.